The first-order chi connectivity index (χ1) is 7.76. The number of imidazole rings is 1. The van der Waals surface area contributed by atoms with Gasteiger partial charge in [-0.1, -0.05) is 31.0 Å². The highest BCUT2D eigenvalue weighted by Crippen LogP contribution is 2.25. The van der Waals surface area contributed by atoms with Crippen molar-refractivity contribution in [3.05, 3.63) is 29.0 Å². The van der Waals surface area contributed by atoms with Crippen LogP contribution in [0, 0.1) is 0 Å². The van der Waals surface area contributed by atoms with Crippen LogP contribution in [0.3, 0.4) is 0 Å². The zero-order valence-electron chi connectivity index (χ0n) is 9.33. The number of hydrogen-bond acceptors (Lipinski definition) is 2. The molecule has 0 fully saturated rings. The van der Waals surface area contributed by atoms with Gasteiger partial charge in [-0.05, 0) is 18.6 Å². The Bertz CT molecular complexity index is 478. The number of benzene rings is 1. The quantitative estimate of drug-likeness (QED) is 0.859. The number of hydrogen-bond donors (Lipinski definition) is 2. The maximum Gasteiger partial charge on any atom is 0.111 e. The molecule has 0 bridgehead atoms. The molecule has 1 aromatic heterocycles. The molecular weight excluding hydrogens is 222 g/mol. The molecule has 86 valence electrons. The summed E-state index contributed by atoms with van der Waals surface area (Å²) in [6.07, 6.45) is 2.15. The molecule has 0 saturated carbocycles. The molecule has 16 heavy (non-hydrogen) atoms. The van der Waals surface area contributed by atoms with Gasteiger partial charge in [-0.3, -0.25) is 0 Å². The molecule has 3 N–H and O–H groups in total. The summed E-state index contributed by atoms with van der Waals surface area (Å²) in [4.78, 5) is 7.83. The molecule has 2 aromatic rings. The van der Waals surface area contributed by atoms with Crippen LogP contribution < -0.4 is 5.73 Å². The molecule has 1 unspecified atom stereocenters. The maximum atomic E-state index is 6.08. The number of rotatable bonds is 4. The Morgan fingerprint density at radius 2 is 2.31 bits per heavy atom. The van der Waals surface area contributed by atoms with Crippen molar-refractivity contribution in [2.75, 3.05) is 6.54 Å². The third-order valence-corrected chi connectivity index (χ3v) is 3.10. The second kappa shape index (κ2) is 4.85. The van der Waals surface area contributed by atoms with Crippen LogP contribution in [0.4, 0.5) is 0 Å². The van der Waals surface area contributed by atoms with Crippen molar-refractivity contribution in [1.82, 2.24) is 9.97 Å². The van der Waals surface area contributed by atoms with E-state index in [4.69, 9.17) is 17.3 Å². The van der Waals surface area contributed by atoms with Crippen molar-refractivity contribution in [2.45, 2.75) is 25.7 Å². The number of H-pyrrole nitrogens is 1. The average Bonchev–Trinajstić information content (AvgIpc) is 2.71. The van der Waals surface area contributed by atoms with Gasteiger partial charge in [0.05, 0.1) is 10.5 Å². The Kier molecular flexibility index (Phi) is 3.46. The summed E-state index contributed by atoms with van der Waals surface area (Å²) < 4.78 is 0. The zero-order chi connectivity index (χ0) is 11.5. The smallest absolute Gasteiger partial charge is 0.111 e. The van der Waals surface area contributed by atoms with Crippen LogP contribution in [-0.4, -0.2) is 16.5 Å². The molecule has 1 aromatic carbocycles. The van der Waals surface area contributed by atoms with Crippen molar-refractivity contribution in [1.29, 1.82) is 0 Å². The van der Waals surface area contributed by atoms with Crippen LogP contribution >= 0.6 is 11.6 Å². The van der Waals surface area contributed by atoms with Gasteiger partial charge in [0.1, 0.15) is 11.3 Å². The van der Waals surface area contributed by atoms with E-state index in [0.717, 1.165) is 29.7 Å². The number of aromatic nitrogens is 2. The van der Waals surface area contributed by atoms with Crippen LogP contribution in [-0.2, 0) is 0 Å². The van der Waals surface area contributed by atoms with Crippen LogP contribution in [0.5, 0.6) is 0 Å². The lowest BCUT2D eigenvalue weighted by Gasteiger charge is -2.09. The van der Waals surface area contributed by atoms with Gasteiger partial charge in [-0.15, -0.1) is 0 Å². The molecule has 0 amide bonds. The van der Waals surface area contributed by atoms with Crippen LogP contribution in [0.15, 0.2) is 18.2 Å². The molecule has 3 nitrogen and oxygen atoms in total. The number of nitrogens with zero attached hydrogens (tertiary/aromatic N) is 1. The second-order valence-electron chi connectivity index (χ2n) is 3.98. The van der Waals surface area contributed by atoms with E-state index in [0.29, 0.717) is 17.5 Å². The van der Waals surface area contributed by atoms with E-state index < -0.39 is 0 Å². The third kappa shape index (κ3) is 2.06. The number of halogens is 1. The summed E-state index contributed by atoms with van der Waals surface area (Å²) in [7, 11) is 0. The molecule has 0 saturated heterocycles. The van der Waals surface area contributed by atoms with Gasteiger partial charge in [-0.2, -0.15) is 0 Å². The Morgan fingerprint density at radius 3 is 2.94 bits per heavy atom. The van der Waals surface area contributed by atoms with E-state index >= 15 is 0 Å². The predicted molar refractivity (Wildman–Crippen MR) is 67.8 cm³/mol. The first-order valence-electron chi connectivity index (χ1n) is 5.60. The Morgan fingerprint density at radius 1 is 1.50 bits per heavy atom. The Hall–Kier alpha value is -1.06. The normalized spacial score (nSPS) is 13.2. The molecular formula is C12H16ClN3. The molecule has 0 aliphatic carbocycles. The number of nitrogens with one attached hydrogen (secondary N) is 1. The van der Waals surface area contributed by atoms with Gasteiger partial charge >= 0.3 is 0 Å². The van der Waals surface area contributed by atoms with E-state index in [1.165, 1.54) is 0 Å². The first kappa shape index (κ1) is 11.4. The lowest BCUT2D eigenvalue weighted by Crippen LogP contribution is -2.13. The predicted octanol–water partition coefficient (Wildman–Crippen LogP) is 3.06. The topological polar surface area (TPSA) is 54.7 Å². The van der Waals surface area contributed by atoms with E-state index in [1.54, 1.807) is 0 Å². The molecule has 1 heterocycles. The van der Waals surface area contributed by atoms with E-state index in [-0.39, 0.29) is 0 Å². The highest BCUT2D eigenvalue weighted by atomic mass is 35.5. The number of aromatic amines is 1. The molecule has 2 rings (SSSR count). The van der Waals surface area contributed by atoms with Crippen molar-refractivity contribution in [2.24, 2.45) is 5.73 Å². The van der Waals surface area contributed by atoms with Gasteiger partial charge in [0, 0.05) is 12.5 Å². The summed E-state index contributed by atoms with van der Waals surface area (Å²) >= 11 is 6.08. The maximum absolute atomic E-state index is 6.08. The van der Waals surface area contributed by atoms with Crippen LogP contribution in [0.2, 0.25) is 5.02 Å². The summed E-state index contributed by atoms with van der Waals surface area (Å²) in [5, 5.41) is 0.687. The Balaban J connectivity index is 2.42. The summed E-state index contributed by atoms with van der Waals surface area (Å²) in [5.41, 5.74) is 7.58. The third-order valence-electron chi connectivity index (χ3n) is 2.79. The fraction of sp³-hybridized carbons (Fsp3) is 0.417. The molecule has 0 aliphatic heterocycles. The van der Waals surface area contributed by atoms with Crippen molar-refractivity contribution in [3.8, 4) is 0 Å². The molecule has 0 spiro atoms. The van der Waals surface area contributed by atoms with E-state index in [1.807, 2.05) is 18.2 Å². The minimum Gasteiger partial charge on any atom is -0.342 e. The van der Waals surface area contributed by atoms with E-state index in [9.17, 15) is 0 Å². The van der Waals surface area contributed by atoms with Gasteiger partial charge in [0.2, 0.25) is 0 Å². The summed E-state index contributed by atoms with van der Waals surface area (Å²) in [6, 6.07) is 5.76. The molecule has 1 atom stereocenters. The van der Waals surface area contributed by atoms with Gasteiger partial charge in [-0.25, -0.2) is 4.98 Å². The van der Waals surface area contributed by atoms with Gasteiger partial charge < -0.3 is 10.7 Å². The molecule has 0 aliphatic rings. The molecule has 4 heteroatoms. The molecule has 0 radical (unpaired) electrons. The van der Waals surface area contributed by atoms with Crippen molar-refractivity contribution < 1.29 is 0 Å². The largest absolute Gasteiger partial charge is 0.342 e. The lowest BCUT2D eigenvalue weighted by atomic mass is 10.0. The average molecular weight is 238 g/mol. The number of nitrogens with two attached hydrogens (primary N) is 1. The standard InChI is InChI=1S/C12H16ClN3/c1-2-4-8(7-14)12-15-10-6-3-5-9(13)11(10)16-12/h3,5-6,8H,2,4,7,14H2,1H3,(H,15,16). The highest BCUT2D eigenvalue weighted by Gasteiger charge is 2.14. The fourth-order valence-electron chi connectivity index (χ4n) is 1.92. The second-order valence-corrected chi connectivity index (χ2v) is 4.39. The number of para-hydroxylation sites is 1. The summed E-state index contributed by atoms with van der Waals surface area (Å²) in [5.74, 6) is 1.25. The zero-order valence-corrected chi connectivity index (χ0v) is 10.1. The van der Waals surface area contributed by atoms with E-state index in [2.05, 4.69) is 16.9 Å². The van der Waals surface area contributed by atoms with Crippen LogP contribution in [0.25, 0.3) is 11.0 Å². The lowest BCUT2D eigenvalue weighted by molar-refractivity contribution is 0.596. The monoisotopic (exact) mass is 237 g/mol. The Labute approximate surface area is 100 Å². The van der Waals surface area contributed by atoms with Gasteiger partial charge in [0.15, 0.2) is 0 Å². The fourth-order valence-corrected chi connectivity index (χ4v) is 2.14. The highest BCUT2D eigenvalue weighted by molar-refractivity contribution is 6.34. The van der Waals surface area contributed by atoms with Gasteiger partial charge in [0.25, 0.3) is 0 Å². The van der Waals surface area contributed by atoms with Crippen molar-refractivity contribution in [3.63, 3.8) is 0 Å². The summed E-state index contributed by atoms with van der Waals surface area (Å²) in [6.45, 7) is 2.77. The first-order valence-corrected chi connectivity index (χ1v) is 5.98. The van der Waals surface area contributed by atoms with Crippen molar-refractivity contribution >= 4 is 22.6 Å². The van der Waals surface area contributed by atoms with Crippen LogP contribution in [0.1, 0.15) is 31.5 Å². The minimum absolute atomic E-state index is 0.300. The SMILES string of the molecule is CCCC(CN)c1nc2c(Cl)cccc2[nH]1. The number of fused-ring (bicyclic) bond motifs is 1. The minimum atomic E-state index is 0.300.